The number of anilines is 1. The standard InChI is InChI=1S/C11H15N5/c1-6-5-9(8(3)14-13-6)10-7(2)11(12)16(4)15-10/h5H,12H2,1-4H3. The number of aryl methyl sites for hydroxylation is 3. The molecule has 2 aromatic rings. The van der Waals surface area contributed by atoms with Crippen molar-refractivity contribution in [1.29, 1.82) is 0 Å². The Kier molecular flexibility index (Phi) is 2.38. The molecule has 0 radical (unpaired) electrons. The van der Waals surface area contributed by atoms with E-state index in [0.29, 0.717) is 5.82 Å². The molecular formula is C11H15N5. The lowest BCUT2D eigenvalue weighted by Crippen LogP contribution is -1.97. The van der Waals surface area contributed by atoms with E-state index in [-0.39, 0.29) is 0 Å². The van der Waals surface area contributed by atoms with E-state index in [0.717, 1.165) is 28.2 Å². The number of rotatable bonds is 1. The lowest BCUT2D eigenvalue weighted by molar-refractivity contribution is 0.781. The second kappa shape index (κ2) is 3.59. The summed E-state index contributed by atoms with van der Waals surface area (Å²) in [6.07, 6.45) is 0. The van der Waals surface area contributed by atoms with Crippen LogP contribution in [-0.4, -0.2) is 20.0 Å². The monoisotopic (exact) mass is 217 g/mol. The summed E-state index contributed by atoms with van der Waals surface area (Å²) in [5.41, 5.74) is 10.5. The van der Waals surface area contributed by atoms with E-state index in [9.17, 15) is 0 Å². The number of aromatic nitrogens is 4. The molecule has 0 amide bonds. The number of nitrogens with two attached hydrogens (primary N) is 1. The van der Waals surface area contributed by atoms with Gasteiger partial charge in [0.15, 0.2) is 0 Å². The fourth-order valence-corrected chi connectivity index (χ4v) is 1.69. The van der Waals surface area contributed by atoms with Crippen molar-refractivity contribution in [2.75, 3.05) is 5.73 Å². The van der Waals surface area contributed by atoms with Gasteiger partial charge in [-0.25, -0.2) is 0 Å². The predicted molar refractivity (Wildman–Crippen MR) is 62.9 cm³/mol. The van der Waals surface area contributed by atoms with Crippen LogP contribution in [0.25, 0.3) is 11.3 Å². The quantitative estimate of drug-likeness (QED) is 0.783. The first-order valence-electron chi connectivity index (χ1n) is 5.11. The minimum atomic E-state index is 0.684. The van der Waals surface area contributed by atoms with Crippen LogP contribution in [0.4, 0.5) is 5.82 Å². The van der Waals surface area contributed by atoms with Crippen LogP contribution < -0.4 is 5.73 Å². The molecule has 2 N–H and O–H groups in total. The third-order valence-corrected chi connectivity index (χ3v) is 2.69. The van der Waals surface area contributed by atoms with Gasteiger partial charge in [-0.15, -0.1) is 0 Å². The molecule has 2 heterocycles. The number of hydrogen-bond acceptors (Lipinski definition) is 4. The Morgan fingerprint density at radius 1 is 1.19 bits per heavy atom. The van der Waals surface area contributed by atoms with Gasteiger partial charge in [0.1, 0.15) is 5.82 Å². The van der Waals surface area contributed by atoms with Crippen LogP contribution >= 0.6 is 0 Å². The highest BCUT2D eigenvalue weighted by Gasteiger charge is 2.14. The van der Waals surface area contributed by atoms with E-state index >= 15 is 0 Å². The zero-order valence-electron chi connectivity index (χ0n) is 9.94. The van der Waals surface area contributed by atoms with Crippen molar-refractivity contribution in [3.63, 3.8) is 0 Å². The molecule has 0 fully saturated rings. The summed E-state index contributed by atoms with van der Waals surface area (Å²) in [5.74, 6) is 0.684. The van der Waals surface area contributed by atoms with Gasteiger partial charge in [-0.2, -0.15) is 15.3 Å². The van der Waals surface area contributed by atoms with E-state index < -0.39 is 0 Å². The Balaban J connectivity index is 2.67. The van der Waals surface area contributed by atoms with Crippen molar-refractivity contribution >= 4 is 5.82 Å². The van der Waals surface area contributed by atoms with E-state index in [1.807, 2.05) is 33.9 Å². The van der Waals surface area contributed by atoms with Crippen LogP contribution in [0.5, 0.6) is 0 Å². The van der Waals surface area contributed by atoms with Gasteiger partial charge in [0, 0.05) is 18.2 Å². The zero-order chi connectivity index (χ0) is 11.9. The maximum atomic E-state index is 5.89. The lowest BCUT2D eigenvalue weighted by atomic mass is 10.1. The maximum Gasteiger partial charge on any atom is 0.124 e. The van der Waals surface area contributed by atoms with Gasteiger partial charge in [0.25, 0.3) is 0 Å². The molecule has 0 spiro atoms. The second-order valence-corrected chi connectivity index (χ2v) is 3.97. The molecule has 2 rings (SSSR count). The highest BCUT2D eigenvalue weighted by atomic mass is 15.3. The van der Waals surface area contributed by atoms with Gasteiger partial charge in [0.2, 0.25) is 0 Å². The molecule has 84 valence electrons. The molecule has 0 aliphatic heterocycles. The van der Waals surface area contributed by atoms with E-state index in [4.69, 9.17) is 5.73 Å². The molecule has 0 saturated heterocycles. The van der Waals surface area contributed by atoms with Crippen LogP contribution in [0.2, 0.25) is 0 Å². The fraction of sp³-hybridized carbons (Fsp3) is 0.364. The van der Waals surface area contributed by atoms with E-state index in [1.54, 1.807) is 4.68 Å². The third-order valence-electron chi connectivity index (χ3n) is 2.69. The summed E-state index contributed by atoms with van der Waals surface area (Å²) in [5, 5.41) is 12.5. The van der Waals surface area contributed by atoms with Gasteiger partial charge >= 0.3 is 0 Å². The zero-order valence-corrected chi connectivity index (χ0v) is 9.94. The SMILES string of the molecule is Cc1cc(-c2nn(C)c(N)c2C)c(C)nn1. The Labute approximate surface area is 94.3 Å². The molecule has 0 bridgehead atoms. The summed E-state index contributed by atoms with van der Waals surface area (Å²) in [4.78, 5) is 0. The van der Waals surface area contributed by atoms with Crippen molar-refractivity contribution in [3.8, 4) is 11.3 Å². The molecule has 16 heavy (non-hydrogen) atoms. The molecular weight excluding hydrogens is 202 g/mol. The molecule has 5 nitrogen and oxygen atoms in total. The van der Waals surface area contributed by atoms with Crippen molar-refractivity contribution in [1.82, 2.24) is 20.0 Å². The fourth-order valence-electron chi connectivity index (χ4n) is 1.69. The predicted octanol–water partition coefficient (Wildman–Crippen LogP) is 1.38. The molecule has 0 atom stereocenters. The van der Waals surface area contributed by atoms with Crippen molar-refractivity contribution < 1.29 is 0 Å². The smallest absolute Gasteiger partial charge is 0.124 e. The molecule has 0 aliphatic rings. The molecule has 2 aromatic heterocycles. The van der Waals surface area contributed by atoms with Crippen LogP contribution in [-0.2, 0) is 7.05 Å². The second-order valence-electron chi connectivity index (χ2n) is 3.97. The maximum absolute atomic E-state index is 5.89. The molecule has 5 heteroatoms. The van der Waals surface area contributed by atoms with Crippen molar-refractivity contribution in [3.05, 3.63) is 23.0 Å². The summed E-state index contributed by atoms with van der Waals surface area (Å²) in [7, 11) is 1.84. The van der Waals surface area contributed by atoms with Gasteiger partial charge in [-0.1, -0.05) is 0 Å². The average molecular weight is 217 g/mol. The molecule has 0 aromatic carbocycles. The first-order chi connectivity index (χ1) is 7.50. The van der Waals surface area contributed by atoms with Gasteiger partial charge in [-0.05, 0) is 26.8 Å². The Bertz CT molecular complexity index is 542. The van der Waals surface area contributed by atoms with E-state index in [2.05, 4.69) is 15.3 Å². The largest absolute Gasteiger partial charge is 0.384 e. The van der Waals surface area contributed by atoms with Crippen LogP contribution in [0, 0.1) is 20.8 Å². The Morgan fingerprint density at radius 3 is 2.44 bits per heavy atom. The highest BCUT2D eigenvalue weighted by Crippen LogP contribution is 2.27. The molecule has 0 saturated carbocycles. The normalized spacial score (nSPS) is 10.8. The van der Waals surface area contributed by atoms with Crippen LogP contribution in [0.15, 0.2) is 6.07 Å². The van der Waals surface area contributed by atoms with Crippen LogP contribution in [0.3, 0.4) is 0 Å². The number of nitrogen functional groups attached to an aromatic ring is 1. The minimum Gasteiger partial charge on any atom is -0.384 e. The van der Waals surface area contributed by atoms with Crippen molar-refractivity contribution in [2.45, 2.75) is 20.8 Å². The van der Waals surface area contributed by atoms with Gasteiger partial charge in [-0.3, -0.25) is 4.68 Å². The molecule has 0 aliphatic carbocycles. The van der Waals surface area contributed by atoms with Crippen molar-refractivity contribution in [2.24, 2.45) is 7.05 Å². The highest BCUT2D eigenvalue weighted by molar-refractivity contribution is 5.69. The molecule has 0 unspecified atom stereocenters. The van der Waals surface area contributed by atoms with E-state index in [1.165, 1.54) is 0 Å². The Morgan fingerprint density at radius 2 is 1.88 bits per heavy atom. The lowest BCUT2D eigenvalue weighted by Gasteiger charge is -2.02. The summed E-state index contributed by atoms with van der Waals surface area (Å²) in [6.45, 7) is 5.80. The van der Waals surface area contributed by atoms with Gasteiger partial charge in [0.05, 0.1) is 17.1 Å². The minimum absolute atomic E-state index is 0.684. The summed E-state index contributed by atoms with van der Waals surface area (Å²) >= 11 is 0. The Hall–Kier alpha value is -1.91. The number of nitrogens with zero attached hydrogens (tertiary/aromatic N) is 4. The average Bonchev–Trinajstić information content (AvgIpc) is 2.50. The third kappa shape index (κ3) is 1.54. The number of hydrogen-bond donors (Lipinski definition) is 1. The van der Waals surface area contributed by atoms with Gasteiger partial charge < -0.3 is 5.73 Å². The summed E-state index contributed by atoms with van der Waals surface area (Å²) < 4.78 is 1.68. The topological polar surface area (TPSA) is 69.6 Å². The first-order valence-corrected chi connectivity index (χ1v) is 5.11. The first kappa shape index (κ1) is 10.6. The van der Waals surface area contributed by atoms with Crippen LogP contribution in [0.1, 0.15) is 17.0 Å². The summed E-state index contributed by atoms with van der Waals surface area (Å²) in [6, 6.07) is 1.98.